The Morgan fingerprint density at radius 1 is 0.950 bits per heavy atom. The average molecular weight is 605 g/mol. The molecule has 0 heterocycles. The van der Waals surface area contributed by atoms with E-state index in [2.05, 4.69) is 5.32 Å². The maximum atomic E-state index is 14.1. The molecule has 2 amide bonds. The molecule has 214 valence electrons. The molecule has 0 fully saturated rings. The van der Waals surface area contributed by atoms with Crippen molar-refractivity contribution >= 4 is 50.7 Å². The lowest BCUT2D eigenvalue weighted by molar-refractivity contribution is -0.140. The Kier molecular flexibility index (Phi) is 11.0. The van der Waals surface area contributed by atoms with E-state index in [0.29, 0.717) is 33.3 Å². The number of benzene rings is 3. The van der Waals surface area contributed by atoms with E-state index in [4.69, 9.17) is 23.2 Å². The van der Waals surface area contributed by atoms with Crippen LogP contribution in [-0.2, 0) is 32.6 Å². The van der Waals surface area contributed by atoms with Gasteiger partial charge >= 0.3 is 0 Å². The first-order valence-corrected chi connectivity index (χ1v) is 15.6. The average Bonchev–Trinajstić information content (AvgIpc) is 2.90. The van der Waals surface area contributed by atoms with Crippen LogP contribution in [0.25, 0.3) is 0 Å². The van der Waals surface area contributed by atoms with E-state index in [1.54, 1.807) is 43.3 Å². The molecule has 1 N–H and O–H groups in total. The van der Waals surface area contributed by atoms with Crippen molar-refractivity contribution in [2.24, 2.45) is 0 Å². The molecule has 7 nitrogen and oxygen atoms in total. The molecular weight excluding hydrogens is 569 g/mol. The number of halogens is 2. The summed E-state index contributed by atoms with van der Waals surface area (Å²) in [5.41, 5.74) is 2.40. The number of nitrogens with one attached hydrogen (secondary N) is 1. The first kappa shape index (κ1) is 31.5. The first-order chi connectivity index (χ1) is 18.9. The molecule has 0 bridgehead atoms. The van der Waals surface area contributed by atoms with Gasteiger partial charge in [-0.05, 0) is 61.2 Å². The molecule has 3 aromatic carbocycles. The first-order valence-electron chi connectivity index (χ1n) is 13.0. The van der Waals surface area contributed by atoms with Gasteiger partial charge in [0.2, 0.25) is 21.8 Å². The standard InChI is InChI=1S/C30H35Cl2N3O4S/c1-5-21(2)33-30(37)28(18-23-11-7-6-8-12-23)34(19-24-13-9-14-25(31)17-24)29(36)20-35(40(4,38)39)27-16-10-15-26(32)22(27)3/h6-17,21,28H,5,18-20H2,1-4H3,(H,33,37)/t21-,28+/m1/s1. The maximum absolute atomic E-state index is 14.1. The quantitative estimate of drug-likeness (QED) is 0.291. The molecule has 3 aromatic rings. The molecule has 0 aliphatic heterocycles. The van der Waals surface area contributed by atoms with Crippen molar-refractivity contribution in [3.63, 3.8) is 0 Å². The fourth-order valence-corrected chi connectivity index (χ4v) is 5.57. The van der Waals surface area contributed by atoms with E-state index < -0.39 is 28.5 Å². The maximum Gasteiger partial charge on any atom is 0.244 e. The van der Waals surface area contributed by atoms with Gasteiger partial charge in [0.1, 0.15) is 12.6 Å². The molecule has 0 aliphatic rings. The van der Waals surface area contributed by atoms with Gasteiger partial charge in [-0.15, -0.1) is 0 Å². The summed E-state index contributed by atoms with van der Waals surface area (Å²) in [5, 5.41) is 3.87. The zero-order chi connectivity index (χ0) is 29.4. The Hall–Kier alpha value is -3.07. The lowest BCUT2D eigenvalue weighted by Crippen LogP contribution is -2.54. The van der Waals surface area contributed by atoms with Crippen molar-refractivity contribution < 1.29 is 18.0 Å². The molecule has 0 aromatic heterocycles. The second-order valence-corrected chi connectivity index (χ2v) is 12.6. The molecule has 2 atom stereocenters. The van der Waals surface area contributed by atoms with Crippen LogP contribution in [0, 0.1) is 6.92 Å². The molecule has 3 rings (SSSR count). The number of hydrogen-bond acceptors (Lipinski definition) is 4. The number of nitrogens with zero attached hydrogens (tertiary/aromatic N) is 2. The molecule has 0 radical (unpaired) electrons. The van der Waals surface area contributed by atoms with Gasteiger partial charge in [0.15, 0.2) is 0 Å². The van der Waals surface area contributed by atoms with Gasteiger partial charge in [0, 0.05) is 29.1 Å². The van der Waals surface area contributed by atoms with Gasteiger partial charge in [-0.2, -0.15) is 0 Å². The minimum atomic E-state index is -3.89. The summed E-state index contributed by atoms with van der Waals surface area (Å²) < 4.78 is 26.9. The van der Waals surface area contributed by atoms with E-state index >= 15 is 0 Å². The summed E-state index contributed by atoms with van der Waals surface area (Å²) in [4.78, 5) is 29.3. The topological polar surface area (TPSA) is 86.8 Å². The van der Waals surface area contributed by atoms with Crippen LogP contribution in [0.4, 0.5) is 5.69 Å². The van der Waals surface area contributed by atoms with Crippen LogP contribution in [0.3, 0.4) is 0 Å². The number of rotatable bonds is 12. The molecule has 0 spiro atoms. The summed E-state index contributed by atoms with van der Waals surface area (Å²) in [6.07, 6.45) is 1.99. The summed E-state index contributed by atoms with van der Waals surface area (Å²) in [6, 6.07) is 20.3. The van der Waals surface area contributed by atoms with E-state index in [0.717, 1.165) is 16.1 Å². The fraction of sp³-hybridized carbons (Fsp3) is 0.333. The number of carbonyl (C=O) groups is 2. The van der Waals surface area contributed by atoms with Crippen molar-refractivity contribution in [2.45, 2.75) is 52.2 Å². The van der Waals surface area contributed by atoms with Gasteiger partial charge in [-0.1, -0.05) is 78.7 Å². The molecular formula is C30H35Cl2N3O4S. The smallest absolute Gasteiger partial charge is 0.244 e. The van der Waals surface area contributed by atoms with Gasteiger partial charge in [0.05, 0.1) is 11.9 Å². The van der Waals surface area contributed by atoms with Crippen molar-refractivity contribution in [3.8, 4) is 0 Å². The second kappa shape index (κ2) is 14.0. The number of hydrogen-bond donors (Lipinski definition) is 1. The SMILES string of the molecule is CC[C@@H](C)NC(=O)[C@H](Cc1ccccc1)N(Cc1cccc(Cl)c1)C(=O)CN(c1cccc(Cl)c1C)S(C)(=O)=O. The number of carbonyl (C=O) groups excluding carboxylic acids is 2. The van der Waals surface area contributed by atoms with Crippen molar-refractivity contribution in [3.05, 3.63) is 99.5 Å². The summed E-state index contributed by atoms with van der Waals surface area (Å²) in [6.45, 7) is 5.10. The van der Waals surface area contributed by atoms with E-state index in [1.807, 2.05) is 50.2 Å². The fourth-order valence-electron chi connectivity index (χ4n) is 4.29. The lowest BCUT2D eigenvalue weighted by Gasteiger charge is -2.34. The van der Waals surface area contributed by atoms with Crippen LogP contribution < -0.4 is 9.62 Å². The van der Waals surface area contributed by atoms with Gasteiger partial charge < -0.3 is 10.2 Å². The summed E-state index contributed by atoms with van der Waals surface area (Å²) >= 11 is 12.5. The number of amides is 2. The minimum Gasteiger partial charge on any atom is -0.352 e. The predicted octanol–water partition coefficient (Wildman–Crippen LogP) is 5.62. The van der Waals surface area contributed by atoms with Crippen LogP contribution in [-0.4, -0.2) is 50.0 Å². The predicted molar refractivity (Wildman–Crippen MR) is 162 cm³/mol. The minimum absolute atomic E-state index is 0.0525. The lowest BCUT2D eigenvalue weighted by atomic mass is 10.0. The van der Waals surface area contributed by atoms with Crippen molar-refractivity contribution in [2.75, 3.05) is 17.1 Å². The Morgan fingerprint density at radius 3 is 2.23 bits per heavy atom. The highest BCUT2D eigenvalue weighted by molar-refractivity contribution is 7.92. The molecule has 10 heteroatoms. The van der Waals surface area contributed by atoms with Crippen LogP contribution in [0.2, 0.25) is 10.0 Å². The normalized spacial score (nSPS) is 12.8. The van der Waals surface area contributed by atoms with E-state index in [-0.39, 0.29) is 24.9 Å². The van der Waals surface area contributed by atoms with Gasteiger partial charge in [0.25, 0.3) is 0 Å². The van der Waals surface area contributed by atoms with E-state index in [1.165, 1.54) is 4.90 Å². The number of anilines is 1. The molecule has 0 aliphatic carbocycles. The summed E-state index contributed by atoms with van der Waals surface area (Å²) in [5.74, 6) is -0.858. The third kappa shape index (κ3) is 8.46. The highest BCUT2D eigenvalue weighted by Crippen LogP contribution is 2.29. The molecule has 0 unspecified atom stereocenters. The van der Waals surface area contributed by atoms with E-state index in [9.17, 15) is 18.0 Å². The highest BCUT2D eigenvalue weighted by Gasteiger charge is 2.33. The Bertz CT molecular complexity index is 1430. The highest BCUT2D eigenvalue weighted by atomic mass is 35.5. The molecule has 0 saturated carbocycles. The largest absolute Gasteiger partial charge is 0.352 e. The zero-order valence-electron chi connectivity index (χ0n) is 23.1. The van der Waals surface area contributed by atoms with Crippen LogP contribution >= 0.6 is 23.2 Å². The second-order valence-electron chi connectivity index (χ2n) is 9.83. The van der Waals surface area contributed by atoms with Gasteiger partial charge in [-0.3, -0.25) is 13.9 Å². The molecule has 40 heavy (non-hydrogen) atoms. The third-order valence-corrected chi connectivity index (χ3v) is 8.47. The van der Waals surface area contributed by atoms with Crippen LogP contribution in [0.15, 0.2) is 72.8 Å². The monoisotopic (exact) mass is 603 g/mol. The van der Waals surface area contributed by atoms with Crippen molar-refractivity contribution in [1.82, 2.24) is 10.2 Å². The summed E-state index contributed by atoms with van der Waals surface area (Å²) in [7, 11) is -3.89. The zero-order valence-corrected chi connectivity index (χ0v) is 25.4. The molecule has 0 saturated heterocycles. The number of sulfonamides is 1. The Balaban J connectivity index is 2.09. The Labute approximate surface area is 247 Å². The third-order valence-electron chi connectivity index (χ3n) is 6.70. The van der Waals surface area contributed by atoms with Crippen LogP contribution in [0.1, 0.15) is 37.0 Å². The van der Waals surface area contributed by atoms with Gasteiger partial charge in [-0.25, -0.2) is 8.42 Å². The Morgan fingerprint density at radius 2 is 1.60 bits per heavy atom. The van der Waals surface area contributed by atoms with Crippen molar-refractivity contribution in [1.29, 1.82) is 0 Å². The van der Waals surface area contributed by atoms with Crippen LogP contribution in [0.5, 0.6) is 0 Å².